The van der Waals surface area contributed by atoms with E-state index < -0.39 is 11.9 Å². The van der Waals surface area contributed by atoms with Crippen LogP contribution in [0.2, 0.25) is 0 Å². The summed E-state index contributed by atoms with van der Waals surface area (Å²) in [6.45, 7) is 5.23. The number of nitrogens with one attached hydrogen (secondary N) is 1. The molecule has 0 fully saturated rings. The molecule has 3 aromatic rings. The maximum Gasteiger partial charge on any atom is 0.325 e. The Morgan fingerprint density at radius 2 is 1.86 bits per heavy atom. The molecular formula is C21H22N4O4. The third kappa shape index (κ3) is 4.11. The van der Waals surface area contributed by atoms with Gasteiger partial charge in [-0.05, 0) is 32.9 Å². The van der Waals surface area contributed by atoms with E-state index in [0.717, 1.165) is 16.9 Å². The number of pyridine rings is 1. The fourth-order valence-electron chi connectivity index (χ4n) is 2.98. The third-order valence-electron chi connectivity index (χ3n) is 4.52. The van der Waals surface area contributed by atoms with E-state index in [1.807, 2.05) is 37.3 Å². The van der Waals surface area contributed by atoms with Crippen LogP contribution in [0.5, 0.6) is 5.75 Å². The van der Waals surface area contributed by atoms with E-state index >= 15 is 0 Å². The standard InChI is InChI=1S/C21H22N4O4/c1-4-29-18(26)12-23-21(28)19-20(27)13(2)16(10-22-19)17-11-24-25(14(17)3)15-8-6-5-7-9-15/h5-11,27H,4,12H2,1-3H3,(H,23,28). The van der Waals surface area contributed by atoms with Crippen molar-refractivity contribution < 1.29 is 19.4 Å². The van der Waals surface area contributed by atoms with Crippen molar-refractivity contribution in [2.24, 2.45) is 0 Å². The number of rotatable bonds is 6. The number of hydrogen-bond donors (Lipinski definition) is 2. The summed E-state index contributed by atoms with van der Waals surface area (Å²) < 4.78 is 6.56. The van der Waals surface area contributed by atoms with Gasteiger partial charge in [0.05, 0.1) is 18.5 Å². The first kappa shape index (κ1) is 20.1. The van der Waals surface area contributed by atoms with Crippen molar-refractivity contribution in [2.45, 2.75) is 20.8 Å². The second kappa shape index (κ2) is 8.55. The summed E-state index contributed by atoms with van der Waals surface area (Å²) in [5.74, 6) is -1.45. The molecule has 150 valence electrons. The van der Waals surface area contributed by atoms with Crippen molar-refractivity contribution in [3.63, 3.8) is 0 Å². The summed E-state index contributed by atoms with van der Waals surface area (Å²) in [6.07, 6.45) is 3.22. The first-order valence-corrected chi connectivity index (χ1v) is 9.16. The van der Waals surface area contributed by atoms with Crippen LogP contribution >= 0.6 is 0 Å². The highest BCUT2D eigenvalue weighted by atomic mass is 16.5. The number of aromatic hydroxyl groups is 1. The van der Waals surface area contributed by atoms with Crippen LogP contribution in [-0.2, 0) is 9.53 Å². The summed E-state index contributed by atoms with van der Waals surface area (Å²) in [6, 6.07) is 9.69. The van der Waals surface area contributed by atoms with Crippen LogP contribution in [0.15, 0.2) is 42.7 Å². The summed E-state index contributed by atoms with van der Waals surface area (Å²) in [7, 11) is 0. The van der Waals surface area contributed by atoms with E-state index in [1.165, 1.54) is 6.20 Å². The van der Waals surface area contributed by atoms with Gasteiger partial charge in [-0.3, -0.25) is 9.59 Å². The smallest absolute Gasteiger partial charge is 0.325 e. The van der Waals surface area contributed by atoms with Crippen molar-refractivity contribution in [1.82, 2.24) is 20.1 Å². The molecule has 0 aliphatic carbocycles. The molecule has 2 aromatic heterocycles. The average Bonchev–Trinajstić information content (AvgIpc) is 3.10. The molecule has 0 radical (unpaired) electrons. The Morgan fingerprint density at radius 1 is 1.14 bits per heavy atom. The van der Waals surface area contributed by atoms with E-state index in [2.05, 4.69) is 15.4 Å². The van der Waals surface area contributed by atoms with Gasteiger partial charge < -0.3 is 15.2 Å². The van der Waals surface area contributed by atoms with Gasteiger partial charge in [0, 0.05) is 28.6 Å². The molecule has 0 aliphatic heterocycles. The Balaban J connectivity index is 1.88. The molecule has 2 heterocycles. The molecule has 1 aromatic carbocycles. The number of esters is 1. The second-order valence-electron chi connectivity index (χ2n) is 6.37. The number of nitrogens with zero attached hydrogens (tertiary/aromatic N) is 3. The number of carbonyl (C=O) groups is 2. The van der Waals surface area contributed by atoms with Gasteiger partial charge in [-0.15, -0.1) is 0 Å². The van der Waals surface area contributed by atoms with Crippen molar-refractivity contribution in [3.05, 3.63) is 59.7 Å². The van der Waals surface area contributed by atoms with Gasteiger partial charge in [0.25, 0.3) is 5.91 Å². The van der Waals surface area contributed by atoms with E-state index in [9.17, 15) is 14.7 Å². The molecule has 29 heavy (non-hydrogen) atoms. The molecule has 0 saturated heterocycles. The van der Waals surface area contributed by atoms with Gasteiger partial charge in [0.2, 0.25) is 0 Å². The minimum atomic E-state index is -0.651. The number of amides is 1. The molecule has 0 saturated carbocycles. The minimum Gasteiger partial charge on any atom is -0.505 e. The van der Waals surface area contributed by atoms with Crippen LogP contribution in [0.4, 0.5) is 0 Å². The average molecular weight is 394 g/mol. The molecule has 0 atom stereocenters. The van der Waals surface area contributed by atoms with Crippen LogP contribution in [0.25, 0.3) is 16.8 Å². The zero-order valence-corrected chi connectivity index (χ0v) is 16.5. The van der Waals surface area contributed by atoms with Crippen molar-refractivity contribution in [2.75, 3.05) is 13.2 Å². The molecule has 0 spiro atoms. The van der Waals surface area contributed by atoms with Crippen LogP contribution in [0, 0.1) is 13.8 Å². The number of aromatic nitrogens is 3. The normalized spacial score (nSPS) is 10.6. The lowest BCUT2D eigenvalue weighted by Gasteiger charge is -2.11. The summed E-state index contributed by atoms with van der Waals surface area (Å²) in [5.41, 5.74) is 3.61. The largest absolute Gasteiger partial charge is 0.505 e. The lowest BCUT2D eigenvalue weighted by atomic mass is 10.0. The first-order valence-electron chi connectivity index (χ1n) is 9.16. The molecule has 2 N–H and O–H groups in total. The highest BCUT2D eigenvalue weighted by Gasteiger charge is 2.20. The summed E-state index contributed by atoms with van der Waals surface area (Å²) >= 11 is 0. The monoisotopic (exact) mass is 394 g/mol. The maximum absolute atomic E-state index is 12.3. The lowest BCUT2D eigenvalue weighted by Crippen LogP contribution is -2.31. The van der Waals surface area contributed by atoms with Crippen molar-refractivity contribution >= 4 is 11.9 Å². The minimum absolute atomic E-state index is 0.149. The zero-order chi connectivity index (χ0) is 21.0. The van der Waals surface area contributed by atoms with Crippen LogP contribution in [-0.4, -0.2) is 44.9 Å². The molecule has 0 bridgehead atoms. The molecule has 0 unspecified atom stereocenters. The molecule has 8 heteroatoms. The van der Waals surface area contributed by atoms with E-state index in [1.54, 1.807) is 24.7 Å². The topological polar surface area (TPSA) is 106 Å². The van der Waals surface area contributed by atoms with Gasteiger partial charge in [-0.1, -0.05) is 18.2 Å². The van der Waals surface area contributed by atoms with Crippen molar-refractivity contribution in [1.29, 1.82) is 0 Å². The second-order valence-corrected chi connectivity index (χ2v) is 6.37. The van der Waals surface area contributed by atoms with Crippen LogP contribution < -0.4 is 5.32 Å². The van der Waals surface area contributed by atoms with E-state index in [-0.39, 0.29) is 24.6 Å². The molecule has 1 amide bonds. The number of benzene rings is 1. The van der Waals surface area contributed by atoms with Gasteiger partial charge in [0.1, 0.15) is 12.3 Å². The molecular weight excluding hydrogens is 372 g/mol. The van der Waals surface area contributed by atoms with Gasteiger partial charge >= 0.3 is 5.97 Å². The van der Waals surface area contributed by atoms with Crippen LogP contribution in [0.1, 0.15) is 28.7 Å². The number of carbonyl (C=O) groups excluding carboxylic acids is 2. The quantitative estimate of drug-likeness (QED) is 0.623. The molecule has 0 aliphatic rings. The maximum atomic E-state index is 12.3. The fraction of sp³-hybridized carbons (Fsp3) is 0.238. The summed E-state index contributed by atoms with van der Waals surface area (Å²) in [4.78, 5) is 27.8. The number of ether oxygens (including phenoxy) is 1. The van der Waals surface area contributed by atoms with Crippen molar-refractivity contribution in [3.8, 4) is 22.6 Å². The summed E-state index contributed by atoms with van der Waals surface area (Å²) in [5, 5.41) is 17.4. The molecule has 8 nitrogen and oxygen atoms in total. The third-order valence-corrected chi connectivity index (χ3v) is 4.52. The van der Waals surface area contributed by atoms with Gasteiger partial charge in [-0.2, -0.15) is 5.10 Å². The van der Waals surface area contributed by atoms with Gasteiger partial charge in [-0.25, -0.2) is 9.67 Å². The Bertz CT molecular complexity index is 1040. The SMILES string of the molecule is CCOC(=O)CNC(=O)c1ncc(-c2cnn(-c3ccccc3)c2C)c(C)c1O. The zero-order valence-electron chi connectivity index (χ0n) is 16.5. The van der Waals surface area contributed by atoms with Gasteiger partial charge in [0.15, 0.2) is 5.69 Å². The highest BCUT2D eigenvalue weighted by Crippen LogP contribution is 2.33. The Morgan fingerprint density at radius 3 is 2.55 bits per heavy atom. The molecule has 3 rings (SSSR count). The fourth-order valence-corrected chi connectivity index (χ4v) is 2.98. The van der Waals surface area contributed by atoms with E-state index in [4.69, 9.17) is 4.74 Å². The Hall–Kier alpha value is -3.68. The highest BCUT2D eigenvalue weighted by molar-refractivity contribution is 5.97. The predicted octanol–water partition coefficient (Wildman–Crippen LogP) is 2.55. The first-order chi connectivity index (χ1) is 13.9. The Labute approximate surface area is 168 Å². The van der Waals surface area contributed by atoms with E-state index in [0.29, 0.717) is 11.1 Å². The number of para-hydroxylation sites is 1. The number of hydrogen-bond acceptors (Lipinski definition) is 6. The van der Waals surface area contributed by atoms with Crippen LogP contribution in [0.3, 0.4) is 0 Å². The lowest BCUT2D eigenvalue weighted by molar-refractivity contribution is -0.141. The predicted molar refractivity (Wildman–Crippen MR) is 107 cm³/mol. The Kier molecular flexibility index (Phi) is 5.92.